The first-order chi connectivity index (χ1) is 15.5. The average molecular weight is 439 g/mol. The van der Waals surface area contributed by atoms with Crippen molar-refractivity contribution < 1.29 is 4.79 Å². The van der Waals surface area contributed by atoms with Gasteiger partial charge < -0.3 is 4.90 Å². The summed E-state index contributed by atoms with van der Waals surface area (Å²) in [4.78, 5) is 16.9. The molecule has 3 heterocycles. The Morgan fingerprint density at radius 1 is 1.16 bits per heavy atom. The molecule has 7 nitrogen and oxygen atoms in total. The van der Waals surface area contributed by atoms with Gasteiger partial charge in [0.05, 0.1) is 0 Å². The number of aromatic nitrogens is 4. The first-order valence-electron chi connectivity index (χ1n) is 12.3. The Morgan fingerprint density at radius 2 is 1.91 bits per heavy atom. The van der Waals surface area contributed by atoms with Crippen LogP contribution >= 0.6 is 0 Å². The molecule has 0 aliphatic carbocycles. The summed E-state index contributed by atoms with van der Waals surface area (Å²) in [5, 5.41) is 13.0. The van der Waals surface area contributed by atoms with E-state index in [1.54, 1.807) is 6.92 Å². The minimum atomic E-state index is -0.290. The molecule has 1 aromatic carbocycles. The van der Waals surface area contributed by atoms with Crippen LogP contribution in [0.15, 0.2) is 30.3 Å². The molecule has 7 heteroatoms. The molecule has 2 saturated heterocycles. The molecule has 2 aliphatic rings. The molecule has 174 valence electrons. The Labute approximate surface area is 192 Å². The lowest BCUT2D eigenvalue weighted by Gasteiger charge is -2.50. The van der Waals surface area contributed by atoms with Crippen LogP contribution in [0.1, 0.15) is 64.3 Å². The van der Waals surface area contributed by atoms with Crippen molar-refractivity contribution in [3.63, 3.8) is 0 Å². The van der Waals surface area contributed by atoms with Crippen LogP contribution in [0, 0.1) is 11.8 Å². The van der Waals surface area contributed by atoms with E-state index in [2.05, 4.69) is 64.6 Å². The Kier molecular flexibility index (Phi) is 7.23. The maximum Gasteiger partial charge on any atom is 0.219 e. The molecule has 0 unspecified atom stereocenters. The standard InChI is InChI=1S/C25H38N6O/c1-20(2)10-17-31-24(26-27-28-31)25(13-7-14-29(19-25)21(3)32)30-15-11-23(12-16-30)18-22-8-5-4-6-9-22/h4-6,8-9,20,23H,7,10-19H2,1-3H3/t25-/m0/s1. The highest BCUT2D eigenvalue weighted by Crippen LogP contribution is 2.39. The lowest BCUT2D eigenvalue weighted by atomic mass is 9.82. The summed E-state index contributed by atoms with van der Waals surface area (Å²) < 4.78 is 2.01. The summed E-state index contributed by atoms with van der Waals surface area (Å²) in [6.45, 7) is 10.5. The maximum atomic E-state index is 12.3. The Hall–Kier alpha value is -2.28. The van der Waals surface area contributed by atoms with Gasteiger partial charge in [0.2, 0.25) is 5.91 Å². The Bertz CT molecular complexity index is 874. The van der Waals surface area contributed by atoms with Gasteiger partial charge in [-0.25, -0.2) is 4.68 Å². The number of hydrogen-bond acceptors (Lipinski definition) is 5. The van der Waals surface area contributed by atoms with Crippen LogP contribution in [0.2, 0.25) is 0 Å². The van der Waals surface area contributed by atoms with Gasteiger partial charge in [0.15, 0.2) is 5.82 Å². The monoisotopic (exact) mass is 438 g/mol. The molecule has 0 N–H and O–H groups in total. The normalized spacial score (nSPS) is 23.1. The molecule has 0 saturated carbocycles. The van der Waals surface area contributed by atoms with E-state index in [0.717, 1.165) is 57.7 Å². The Balaban J connectivity index is 1.55. The average Bonchev–Trinajstić information content (AvgIpc) is 3.28. The molecule has 4 rings (SSSR count). The molecule has 2 fully saturated rings. The largest absolute Gasteiger partial charge is 0.341 e. The molecular formula is C25H38N6O. The number of piperidine rings is 2. The molecule has 0 bridgehead atoms. The predicted molar refractivity (Wildman–Crippen MR) is 125 cm³/mol. The lowest BCUT2D eigenvalue weighted by Crippen LogP contribution is -2.60. The molecule has 0 radical (unpaired) electrons. The summed E-state index contributed by atoms with van der Waals surface area (Å²) >= 11 is 0. The molecule has 1 atom stereocenters. The van der Waals surface area contributed by atoms with Gasteiger partial charge in [-0.05, 0) is 79.4 Å². The summed E-state index contributed by atoms with van der Waals surface area (Å²) in [6, 6.07) is 10.8. The maximum absolute atomic E-state index is 12.3. The van der Waals surface area contributed by atoms with Gasteiger partial charge in [0.1, 0.15) is 5.54 Å². The number of amides is 1. The highest BCUT2D eigenvalue weighted by Gasteiger charge is 2.47. The van der Waals surface area contributed by atoms with E-state index >= 15 is 0 Å². The summed E-state index contributed by atoms with van der Waals surface area (Å²) in [5.41, 5.74) is 1.14. The molecule has 0 spiro atoms. The van der Waals surface area contributed by atoms with Crippen molar-refractivity contribution in [2.24, 2.45) is 11.8 Å². The number of likely N-dealkylation sites (tertiary alicyclic amines) is 2. The quantitative estimate of drug-likeness (QED) is 0.662. The van der Waals surface area contributed by atoms with Gasteiger partial charge in [-0.2, -0.15) is 0 Å². The van der Waals surface area contributed by atoms with Crippen molar-refractivity contribution in [1.29, 1.82) is 0 Å². The highest BCUT2D eigenvalue weighted by atomic mass is 16.2. The van der Waals surface area contributed by atoms with Crippen molar-refractivity contribution in [3.8, 4) is 0 Å². The third-order valence-electron chi connectivity index (χ3n) is 7.37. The van der Waals surface area contributed by atoms with E-state index < -0.39 is 0 Å². The molecule has 1 aromatic heterocycles. The summed E-state index contributed by atoms with van der Waals surface area (Å²) in [5.74, 6) is 2.40. The van der Waals surface area contributed by atoms with E-state index in [-0.39, 0.29) is 11.4 Å². The lowest BCUT2D eigenvalue weighted by molar-refractivity contribution is -0.134. The van der Waals surface area contributed by atoms with Crippen LogP contribution in [0.25, 0.3) is 0 Å². The van der Waals surface area contributed by atoms with Gasteiger partial charge in [-0.1, -0.05) is 44.2 Å². The molecule has 32 heavy (non-hydrogen) atoms. The van der Waals surface area contributed by atoms with E-state index in [4.69, 9.17) is 0 Å². The van der Waals surface area contributed by atoms with Crippen LogP contribution < -0.4 is 0 Å². The third-order valence-corrected chi connectivity index (χ3v) is 7.37. The van der Waals surface area contributed by atoms with Gasteiger partial charge in [-0.3, -0.25) is 9.69 Å². The molecular weight excluding hydrogens is 400 g/mol. The number of tetrazole rings is 1. The number of aryl methyl sites for hydroxylation is 1. The van der Waals surface area contributed by atoms with Crippen molar-refractivity contribution in [2.45, 2.75) is 71.4 Å². The van der Waals surface area contributed by atoms with Crippen LogP contribution in [0.5, 0.6) is 0 Å². The summed E-state index contributed by atoms with van der Waals surface area (Å²) in [7, 11) is 0. The number of nitrogens with zero attached hydrogens (tertiary/aromatic N) is 6. The second kappa shape index (κ2) is 10.1. The van der Waals surface area contributed by atoms with E-state index in [9.17, 15) is 4.79 Å². The fraction of sp³-hybridized carbons (Fsp3) is 0.680. The zero-order valence-corrected chi connectivity index (χ0v) is 19.9. The van der Waals surface area contributed by atoms with Gasteiger partial charge in [0, 0.05) is 26.6 Å². The summed E-state index contributed by atoms with van der Waals surface area (Å²) in [6.07, 6.45) is 6.52. The van der Waals surface area contributed by atoms with Crippen LogP contribution in [0.4, 0.5) is 0 Å². The van der Waals surface area contributed by atoms with Crippen LogP contribution in [-0.4, -0.2) is 62.1 Å². The molecule has 2 aromatic rings. The SMILES string of the molecule is CC(=O)N1CCC[C@](c2nnnn2CCC(C)C)(N2CCC(Cc3ccccc3)CC2)C1. The number of hydrogen-bond donors (Lipinski definition) is 0. The fourth-order valence-corrected chi connectivity index (χ4v) is 5.47. The molecule has 1 amide bonds. The number of carbonyl (C=O) groups is 1. The minimum Gasteiger partial charge on any atom is -0.341 e. The van der Waals surface area contributed by atoms with Crippen molar-refractivity contribution in [3.05, 3.63) is 41.7 Å². The zero-order valence-electron chi connectivity index (χ0n) is 19.9. The number of rotatable bonds is 7. The van der Waals surface area contributed by atoms with Crippen molar-refractivity contribution in [1.82, 2.24) is 30.0 Å². The van der Waals surface area contributed by atoms with E-state index in [1.807, 2.05) is 9.58 Å². The highest BCUT2D eigenvalue weighted by molar-refractivity contribution is 5.73. The van der Waals surface area contributed by atoms with E-state index in [0.29, 0.717) is 18.4 Å². The van der Waals surface area contributed by atoms with Gasteiger partial charge in [-0.15, -0.1) is 5.10 Å². The van der Waals surface area contributed by atoms with Crippen LogP contribution in [-0.2, 0) is 23.3 Å². The fourth-order valence-electron chi connectivity index (χ4n) is 5.47. The number of benzene rings is 1. The third kappa shape index (κ3) is 5.03. The predicted octanol–water partition coefficient (Wildman–Crippen LogP) is 3.51. The second-order valence-corrected chi connectivity index (χ2v) is 10.1. The van der Waals surface area contributed by atoms with E-state index in [1.165, 1.54) is 18.4 Å². The first-order valence-corrected chi connectivity index (χ1v) is 12.3. The van der Waals surface area contributed by atoms with Crippen molar-refractivity contribution >= 4 is 5.91 Å². The smallest absolute Gasteiger partial charge is 0.219 e. The Morgan fingerprint density at radius 3 is 2.59 bits per heavy atom. The van der Waals surface area contributed by atoms with Gasteiger partial charge >= 0.3 is 0 Å². The number of carbonyl (C=O) groups excluding carboxylic acids is 1. The minimum absolute atomic E-state index is 0.147. The molecule has 2 aliphatic heterocycles. The topological polar surface area (TPSA) is 67.2 Å². The first kappa shape index (κ1) is 22.9. The van der Waals surface area contributed by atoms with Crippen molar-refractivity contribution in [2.75, 3.05) is 26.2 Å². The van der Waals surface area contributed by atoms with Gasteiger partial charge in [0.25, 0.3) is 0 Å². The van der Waals surface area contributed by atoms with Crippen LogP contribution in [0.3, 0.4) is 0 Å². The second-order valence-electron chi connectivity index (χ2n) is 10.1. The zero-order chi connectivity index (χ0) is 22.6.